The lowest BCUT2D eigenvalue weighted by molar-refractivity contribution is -0.141. The number of carbonyl (C=O) groups excluding carboxylic acids is 2. The first-order valence-corrected chi connectivity index (χ1v) is 9.27. The first-order chi connectivity index (χ1) is 11.1. The Hall–Kier alpha value is -1.00. The number of epoxide rings is 1. The number of hydrogen-bond acceptors (Lipinski definition) is 4. The zero-order chi connectivity index (χ0) is 17.5. The maximum Gasteiger partial charge on any atom is 0.195 e. The van der Waals surface area contributed by atoms with E-state index < -0.39 is 17.1 Å². The SMILES string of the molecule is C=C1C(=O)C23OC2C1CCC(=O)C1(C)CCCC(C)(C)C1CC3O. The maximum atomic E-state index is 13.1. The molecule has 4 rings (SSSR count). The highest BCUT2D eigenvalue weighted by Crippen LogP contribution is 2.61. The first-order valence-electron chi connectivity index (χ1n) is 9.27. The van der Waals surface area contributed by atoms with Gasteiger partial charge in [-0.25, -0.2) is 0 Å². The van der Waals surface area contributed by atoms with Crippen LogP contribution in [0.15, 0.2) is 12.2 Å². The summed E-state index contributed by atoms with van der Waals surface area (Å²) in [6, 6.07) is 0. The van der Waals surface area contributed by atoms with Gasteiger partial charge in [0.2, 0.25) is 0 Å². The molecule has 0 amide bonds. The number of Topliss-reactive ketones (excluding diaryl/α,β-unsaturated/α-hetero) is 2. The summed E-state index contributed by atoms with van der Waals surface area (Å²) in [5, 5.41) is 11.0. The molecule has 24 heavy (non-hydrogen) atoms. The fourth-order valence-corrected chi connectivity index (χ4v) is 6.09. The van der Waals surface area contributed by atoms with Gasteiger partial charge in [0.25, 0.3) is 0 Å². The van der Waals surface area contributed by atoms with Crippen molar-refractivity contribution in [3.63, 3.8) is 0 Å². The Bertz CT molecular complexity index is 636. The van der Waals surface area contributed by atoms with Crippen LogP contribution in [0.3, 0.4) is 0 Å². The third kappa shape index (κ3) is 1.87. The van der Waals surface area contributed by atoms with Crippen molar-refractivity contribution in [1.29, 1.82) is 0 Å². The molecule has 0 aromatic carbocycles. The van der Waals surface area contributed by atoms with Gasteiger partial charge in [0.05, 0.1) is 6.10 Å². The van der Waals surface area contributed by atoms with Crippen molar-refractivity contribution in [1.82, 2.24) is 0 Å². The topological polar surface area (TPSA) is 66.9 Å². The molecule has 0 spiro atoms. The van der Waals surface area contributed by atoms with E-state index in [1.54, 1.807) is 0 Å². The Balaban J connectivity index is 1.77. The third-order valence-electron chi connectivity index (χ3n) is 7.65. The number of aliphatic hydroxyl groups is 1. The number of hydrogen-bond donors (Lipinski definition) is 1. The number of carbonyl (C=O) groups is 2. The quantitative estimate of drug-likeness (QED) is 0.547. The molecule has 1 saturated heterocycles. The van der Waals surface area contributed by atoms with Crippen LogP contribution in [-0.4, -0.2) is 34.5 Å². The highest BCUT2D eigenvalue weighted by molar-refractivity contribution is 6.08. The molecule has 4 fully saturated rings. The molecule has 4 aliphatic rings. The van der Waals surface area contributed by atoms with Crippen LogP contribution in [0.1, 0.15) is 59.3 Å². The van der Waals surface area contributed by atoms with Crippen molar-refractivity contribution < 1.29 is 19.4 Å². The van der Waals surface area contributed by atoms with Gasteiger partial charge in [0.1, 0.15) is 11.9 Å². The zero-order valence-electron chi connectivity index (χ0n) is 14.9. The fraction of sp³-hybridized carbons (Fsp3) is 0.800. The second kappa shape index (κ2) is 4.79. The molecule has 4 nitrogen and oxygen atoms in total. The lowest BCUT2D eigenvalue weighted by Gasteiger charge is -2.51. The summed E-state index contributed by atoms with van der Waals surface area (Å²) in [6.07, 6.45) is 3.41. The van der Waals surface area contributed by atoms with E-state index in [1.165, 1.54) is 0 Å². The van der Waals surface area contributed by atoms with E-state index in [1.807, 2.05) is 0 Å². The largest absolute Gasteiger partial charge is 0.389 e. The summed E-state index contributed by atoms with van der Waals surface area (Å²) in [4.78, 5) is 25.8. The average Bonchev–Trinajstić information content (AvgIpc) is 3.21. The Kier molecular flexibility index (Phi) is 3.29. The van der Waals surface area contributed by atoms with Crippen LogP contribution >= 0.6 is 0 Å². The molecule has 1 heterocycles. The smallest absolute Gasteiger partial charge is 0.195 e. The Morgan fingerprint density at radius 1 is 1.21 bits per heavy atom. The predicted molar refractivity (Wildman–Crippen MR) is 89.3 cm³/mol. The lowest BCUT2D eigenvalue weighted by atomic mass is 9.52. The minimum atomic E-state index is -1.06. The van der Waals surface area contributed by atoms with E-state index in [4.69, 9.17) is 4.74 Å². The summed E-state index contributed by atoms with van der Waals surface area (Å²) in [6.45, 7) is 10.4. The number of ketones is 2. The van der Waals surface area contributed by atoms with Crippen LogP contribution in [0, 0.1) is 22.7 Å². The van der Waals surface area contributed by atoms with Crippen LogP contribution in [-0.2, 0) is 14.3 Å². The van der Waals surface area contributed by atoms with Gasteiger partial charge in [-0.2, -0.15) is 0 Å². The lowest BCUT2D eigenvalue weighted by Crippen LogP contribution is -2.50. The molecule has 132 valence electrons. The second-order valence-corrected chi connectivity index (χ2v) is 9.32. The Morgan fingerprint density at radius 3 is 2.62 bits per heavy atom. The summed E-state index contributed by atoms with van der Waals surface area (Å²) in [7, 11) is 0. The molecule has 0 radical (unpaired) electrons. The molecule has 6 unspecified atom stereocenters. The number of fused-ring (bicyclic) bond motifs is 1. The molecular formula is C20H28O4. The molecule has 0 aromatic rings. The van der Waals surface area contributed by atoms with Gasteiger partial charge in [-0.15, -0.1) is 0 Å². The zero-order valence-corrected chi connectivity index (χ0v) is 14.9. The van der Waals surface area contributed by atoms with Gasteiger partial charge >= 0.3 is 0 Å². The van der Waals surface area contributed by atoms with Crippen LogP contribution < -0.4 is 0 Å². The van der Waals surface area contributed by atoms with Crippen LogP contribution in [0.5, 0.6) is 0 Å². The van der Waals surface area contributed by atoms with Crippen molar-refractivity contribution in [3.8, 4) is 0 Å². The number of ether oxygens (including phenoxy) is 1. The summed E-state index contributed by atoms with van der Waals surface area (Å²) in [5.74, 6) is 0.119. The van der Waals surface area contributed by atoms with E-state index in [0.29, 0.717) is 24.8 Å². The molecular weight excluding hydrogens is 304 g/mol. The van der Waals surface area contributed by atoms with Crippen LogP contribution in [0.4, 0.5) is 0 Å². The first kappa shape index (κ1) is 16.5. The molecule has 2 bridgehead atoms. The van der Waals surface area contributed by atoms with Crippen molar-refractivity contribution in [2.24, 2.45) is 22.7 Å². The van der Waals surface area contributed by atoms with Gasteiger partial charge < -0.3 is 9.84 Å². The van der Waals surface area contributed by atoms with Crippen LogP contribution in [0.25, 0.3) is 0 Å². The molecule has 4 heteroatoms. The molecule has 1 aliphatic heterocycles. The molecule has 1 N–H and O–H groups in total. The van der Waals surface area contributed by atoms with E-state index in [0.717, 1.165) is 19.3 Å². The van der Waals surface area contributed by atoms with Crippen molar-refractivity contribution in [3.05, 3.63) is 12.2 Å². The van der Waals surface area contributed by atoms with Crippen molar-refractivity contribution >= 4 is 11.6 Å². The van der Waals surface area contributed by atoms with Crippen LogP contribution in [0.2, 0.25) is 0 Å². The van der Waals surface area contributed by atoms with E-state index >= 15 is 0 Å². The second-order valence-electron chi connectivity index (χ2n) is 9.32. The maximum absolute atomic E-state index is 13.1. The predicted octanol–water partition coefficient (Wildman–Crippen LogP) is 2.83. The van der Waals surface area contributed by atoms with Gasteiger partial charge in [0.15, 0.2) is 11.4 Å². The van der Waals surface area contributed by atoms with E-state index in [2.05, 4.69) is 27.4 Å². The van der Waals surface area contributed by atoms with Gasteiger partial charge in [-0.05, 0) is 42.6 Å². The van der Waals surface area contributed by atoms with E-state index in [9.17, 15) is 14.7 Å². The van der Waals surface area contributed by atoms with E-state index in [-0.39, 0.29) is 34.9 Å². The summed E-state index contributed by atoms with van der Waals surface area (Å²) < 4.78 is 5.77. The molecule has 6 atom stereocenters. The Morgan fingerprint density at radius 2 is 1.92 bits per heavy atom. The van der Waals surface area contributed by atoms with Gasteiger partial charge in [0, 0.05) is 17.8 Å². The minimum absolute atomic E-state index is 0.0259. The molecule has 3 aliphatic carbocycles. The minimum Gasteiger partial charge on any atom is -0.389 e. The van der Waals surface area contributed by atoms with Gasteiger partial charge in [-0.1, -0.05) is 33.8 Å². The molecule has 3 saturated carbocycles. The fourth-order valence-electron chi connectivity index (χ4n) is 6.09. The Labute approximate surface area is 143 Å². The summed E-state index contributed by atoms with van der Waals surface area (Å²) >= 11 is 0. The standard InChI is InChI=1S/C20H28O4/c1-11-12-6-7-14(21)19(4)9-5-8-18(2,3)13(19)10-15(22)20(16(11)23)17(12)24-20/h12-13,15,17,22H,1,5-10H2,2-4H3. The van der Waals surface area contributed by atoms with Gasteiger partial charge in [-0.3, -0.25) is 9.59 Å². The monoisotopic (exact) mass is 332 g/mol. The highest BCUT2D eigenvalue weighted by Gasteiger charge is 2.75. The number of rotatable bonds is 0. The van der Waals surface area contributed by atoms with Crippen molar-refractivity contribution in [2.45, 2.75) is 77.1 Å². The number of aliphatic hydroxyl groups excluding tert-OH is 1. The highest BCUT2D eigenvalue weighted by atomic mass is 16.6. The van der Waals surface area contributed by atoms with Crippen molar-refractivity contribution in [2.75, 3.05) is 0 Å². The summed E-state index contributed by atoms with van der Waals surface area (Å²) in [5.41, 5.74) is -0.948. The normalized spacial score (nSPS) is 50.2. The third-order valence-corrected chi connectivity index (χ3v) is 7.65. The average molecular weight is 332 g/mol. The molecule has 0 aromatic heterocycles.